The third kappa shape index (κ3) is 4.73. The number of nitrogens with one attached hydrogen (secondary N) is 1. The third-order valence-corrected chi connectivity index (χ3v) is 6.54. The predicted octanol–water partition coefficient (Wildman–Crippen LogP) is 6.70. The van der Waals surface area contributed by atoms with Crippen molar-refractivity contribution in [2.24, 2.45) is 0 Å². The summed E-state index contributed by atoms with van der Waals surface area (Å²) in [5.74, 6) is 2.03. The summed E-state index contributed by atoms with van der Waals surface area (Å²) in [6.07, 6.45) is 9.68. The second-order valence-corrected chi connectivity index (χ2v) is 9.01. The molecule has 1 atom stereocenters. The van der Waals surface area contributed by atoms with E-state index in [9.17, 15) is 0 Å². The Morgan fingerprint density at radius 1 is 1.16 bits per heavy atom. The molecule has 0 spiro atoms. The van der Waals surface area contributed by atoms with Gasteiger partial charge in [-0.25, -0.2) is 4.98 Å². The zero-order chi connectivity index (χ0) is 22.0. The molecule has 0 bridgehead atoms. The Labute approximate surface area is 198 Å². The number of hydrogen-bond acceptors (Lipinski definition) is 4. The van der Waals surface area contributed by atoms with Crippen LogP contribution in [0.5, 0.6) is 5.75 Å². The quantitative estimate of drug-likeness (QED) is 0.364. The molecule has 0 radical (unpaired) electrons. The molecule has 3 aromatic rings. The first kappa shape index (κ1) is 24.4. The summed E-state index contributed by atoms with van der Waals surface area (Å²) in [6.45, 7) is 8.79. The van der Waals surface area contributed by atoms with Gasteiger partial charge in [-0.1, -0.05) is 38.7 Å². The highest BCUT2D eigenvalue weighted by atomic mass is 35.5. The van der Waals surface area contributed by atoms with Crippen molar-refractivity contribution in [1.29, 1.82) is 0 Å². The van der Waals surface area contributed by atoms with Gasteiger partial charge in [-0.15, -0.1) is 12.4 Å². The average Bonchev–Trinajstić information content (AvgIpc) is 3.35. The highest BCUT2D eigenvalue weighted by Crippen LogP contribution is 2.36. The molecule has 5 nitrogen and oxygen atoms in total. The van der Waals surface area contributed by atoms with Crippen LogP contribution in [0.25, 0.3) is 16.8 Å². The van der Waals surface area contributed by atoms with Crippen molar-refractivity contribution in [1.82, 2.24) is 14.6 Å². The molecule has 0 fully saturated rings. The van der Waals surface area contributed by atoms with Gasteiger partial charge < -0.3 is 10.1 Å². The maximum atomic E-state index is 5.41. The lowest BCUT2D eigenvalue weighted by molar-refractivity contribution is 0.414. The summed E-state index contributed by atoms with van der Waals surface area (Å²) in [7, 11) is 1.71. The maximum absolute atomic E-state index is 5.41. The number of unbranched alkanes of at least 4 members (excludes halogenated alkanes) is 3. The van der Waals surface area contributed by atoms with E-state index < -0.39 is 0 Å². The lowest BCUT2D eigenvalue weighted by Crippen LogP contribution is -2.19. The number of fused-ring (bicyclic) bond motifs is 2. The SMILES string of the molecule is CCCCCCC(C)Nc1c2c(nc3c(-c4ccc(OC)cc4C)c(C)nn13)CCC2.Cl. The molecule has 1 aliphatic rings. The van der Waals surface area contributed by atoms with E-state index >= 15 is 0 Å². The molecular weight excluding hydrogens is 420 g/mol. The molecule has 32 heavy (non-hydrogen) atoms. The van der Waals surface area contributed by atoms with Gasteiger partial charge in [-0.3, -0.25) is 0 Å². The van der Waals surface area contributed by atoms with Crippen LogP contribution < -0.4 is 10.1 Å². The topological polar surface area (TPSA) is 51.5 Å². The molecule has 0 saturated heterocycles. The van der Waals surface area contributed by atoms with Crippen LogP contribution in [0.4, 0.5) is 5.82 Å². The molecular formula is C26H37ClN4O. The monoisotopic (exact) mass is 456 g/mol. The molecule has 4 rings (SSSR count). The van der Waals surface area contributed by atoms with Gasteiger partial charge in [0.05, 0.1) is 12.8 Å². The van der Waals surface area contributed by atoms with Crippen LogP contribution in [-0.4, -0.2) is 27.7 Å². The van der Waals surface area contributed by atoms with Gasteiger partial charge in [0.1, 0.15) is 11.6 Å². The van der Waals surface area contributed by atoms with Crippen LogP contribution in [0.2, 0.25) is 0 Å². The number of benzene rings is 1. The first-order valence-electron chi connectivity index (χ1n) is 11.9. The summed E-state index contributed by atoms with van der Waals surface area (Å²) >= 11 is 0. The van der Waals surface area contributed by atoms with Gasteiger partial charge >= 0.3 is 0 Å². The van der Waals surface area contributed by atoms with E-state index in [2.05, 4.69) is 49.7 Å². The largest absolute Gasteiger partial charge is 0.497 e. The lowest BCUT2D eigenvalue weighted by Gasteiger charge is -2.19. The molecule has 2 heterocycles. The summed E-state index contributed by atoms with van der Waals surface area (Å²) in [5, 5.41) is 8.80. The van der Waals surface area contributed by atoms with E-state index in [0.29, 0.717) is 6.04 Å². The highest BCUT2D eigenvalue weighted by molar-refractivity contribution is 5.85. The van der Waals surface area contributed by atoms with Crippen molar-refractivity contribution < 1.29 is 4.74 Å². The molecule has 1 unspecified atom stereocenters. The molecule has 0 saturated carbocycles. The molecule has 1 N–H and O–H groups in total. The second kappa shape index (κ2) is 10.6. The molecule has 0 aliphatic heterocycles. The Morgan fingerprint density at radius 2 is 1.97 bits per heavy atom. The lowest BCUT2D eigenvalue weighted by atomic mass is 10.0. The molecule has 174 valence electrons. The van der Waals surface area contributed by atoms with E-state index in [1.54, 1.807) is 7.11 Å². The standard InChI is InChI=1S/C26H36N4O.ClH/c1-6-7-8-9-11-18(3)27-25-22-12-10-13-23(22)28-26-24(19(4)29-30(25)26)21-15-14-20(31-5)16-17(21)2;/h14-16,18,27H,6-13H2,1-5H3;1H. The minimum Gasteiger partial charge on any atom is -0.497 e. The molecule has 0 amide bonds. The number of aromatic nitrogens is 3. The number of hydrogen-bond donors (Lipinski definition) is 1. The van der Waals surface area contributed by atoms with Gasteiger partial charge in [0.2, 0.25) is 0 Å². The average molecular weight is 457 g/mol. The number of ether oxygens (including phenoxy) is 1. The van der Waals surface area contributed by atoms with Crippen molar-refractivity contribution >= 4 is 23.9 Å². The Morgan fingerprint density at radius 3 is 2.69 bits per heavy atom. The van der Waals surface area contributed by atoms with Crippen LogP contribution in [0.3, 0.4) is 0 Å². The zero-order valence-electron chi connectivity index (χ0n) is 20.1. The Hall–Kier alpha value is -2.27. The number of anilines is 1. The van der Waals surface area contributed by atoms with E-state index in [1.165, 1.54) is 60.9 Å². The fourth-order valence-electron chi connectivity index (χ4n) is 4.83. The molecule has 1 aromatic carbocycles. The van der Waals surface area contributed by atoms with Crippen LogP contribution in [0, 0.1) is 13.8 Å². The fourth-order valence-corrected chi connectivity index (χ4v) is 4.83. The smallest absolute Gasteiger partial charge is 0.165 e. The third-order valence-electron chi connectivity index (χ3n) is 6.54. The van der Waals surface area contributed by atoms with Crippen LogP contribution in [0.1, 0.15) is 74.9 Å². The van der Waals surface area contributed by atoms with Crippen molar-refractivity contribution in [2.45, 2.75) is 85.1 Å². The number of aryl methyl sites for hydroxylation is 3. The van der Waals surface area contributed by atoms with Gasteiger partial charge in [-0.2, -0.15) is 9.61 Å². The minimum absolute atomic E-state index is 0. The first-order valence-corrected chi connectivity index (χ1v) is 11.9. The normalized spacial score (nSPS) is 13.7. The van der Waals surface area contributed by atoms with Crippen molar-refractivity contribution in [3.63, 3.8) is 0 Å². The Bertz CT molecular complexity index is 1080. The van der Waals surface area contributed by atoms with Gasteiger partial charge in [0.15, 0.2) is 5.65 Å². The number of rotatable bonds is 9. The van der Waals surface area contributed by atoms with Crippen LogP contribution in [-0.2, 0) is 12.8 Å². The summed E-state index contributed by atoms with van der Waals surface area (Å²) in [4.78, 5) is 5.12. The Balaban J connectivity index is 0.00000289. The Kier molecular flexibility index (Phi) is 8.05. The van der Waals surface area contributed by atoms with Crippen molar-refractivity contribution in [3.8, 4) is 16.9 Å². The maximum Gasteiger partial charge on any atom is 0.165 e. The first-order chi connectivity index (χ1) is 15.0. The van der Waals surface area contributed by atoms with E-state index in [1.807, 2.05) is 6.07 Å². The summed E-state index contributed by atoms with van der Waals surface area (Å²) in [5.41, 5.74) is 8.06. The summed E-state index contributed by atoms with van der Waals surface area (Å²) < 4.78 is 7.48. The highest BCUT2D eigenvalue weighted by Gasteiger charge is 2.25. The molecule has 2 aromatic heterocycles. The number of halogens is 1. The van der Waals surface area contributed by atoms with Gasteiger partial charge in [0.25, 0.3) is 0 Å². The van der Waals surface area contributed by atoms with Gasteiger partial charge in [-0.05, 0) is 69.7 Å². The second-order valence-electron chi connectivity index (χ2n) is 9.01. The van der Waals surface area contributed by atoms with Crippen LogP contribution in [0.15, 0.2) is 18.2 Å². The number of nitrogens with zero attached hydrogens (tertiary/aromatic N) is 3. The molecule has 1 aliphatic carbocycles. The minimum atomic E-state index is 0. The van der Waals surface area contributed by atoms with Crippen molar-refractivity contribution in [2.75, 3.05) is 12.4 Å². The number of methoxy groups -OCH3 is 1. The zero-order valence-corrected chi connectivity index (χ0v) is 20.9. The van der Waals surface area contributed by atoms with E-state index in [0.717, 1.165) is 41.3 Å². The van der Waals surface area contributed by atoms with E-state index in [-0.39, 0.29) is 12.4 Å². The van der Waals surface area contributed by atoms with Gasteiger partial charge in [0, 0.05) is 22.9 Å². The van der Waals surface area contributed by atoms with E-state index in [4.69, 9.17) is 14.8 Å². The van der Waals surface area contributed by atoms with Crippen LogP contribution >= 0.6 is 12.4 Å². The summed E-state index contributed by atoms with van der Waals surface area (Å²) in [6, 6.07) is 6.67. The predicted molar refractivity (Wildman–Crippen MR) is 136 cm³/mol. The van der Waals surface area contributed by atoms with Crippen molar-refractivity contribution in [3.05, 3.63) is 40.7 Å². The fraction of sp³-hybridized carbons (Fsp3) is 0.538. The molecule has 6 heteroatoms.